The molecular formula is C34H42FN3O4S. The molecule has 0 heterocycles. The number of nitrogens with one attached hydrogen (secondary N) is 1. The monoisotopic (exact) mass is 607 g/mol. The van der Waals surface area contributed by atoms with Gasteiger partial charge in [0.2, 0.25) is 21.8 Å². The summed E-state index contributed by atoms with van der Waals surface area (Å²) in [6.45, 7) is 5.72. The first-order valence-electron chi connectivity index (χ1n) is 14.8. The lowest BCUT2D eigenvalue weighted by molar-refractivity contribution is -0.140. The molecule has 0 aliphatic heterocycles. The first-order chi connectivity index (χ1) is 20.3. The van der Waals surface area contributed by atoms with Gasteiger partial charge in [-0.05, 0) is 59.2 Å². The van der Waals surface area contributed by atoms with Gasteiger partial charge in [-0.1, -0.05) is 88.2 Å². The highest BCUT2D eigenvalue weighted by Gasteiger charge is 2.34. The van der Waals surface area contributed by atoms with E-state index in [1.165, 1.54) is 17.0 Å². The molecule has 1 unspecified atom stereocenters. The van der Waals surface area contributed by atoms with Crippen LogP contribution >= 0.6 is 0 Å². The molecule has 0 spiro atoms. The Morgan fingerprint density at radius 2 is 1.51 bits per heavy atom. The van der Waals surface area contributed by atoms with E-state index < -0.39 is 34.3 Å². The van der Waals surface area contributed by atoms with Crippen LogP contribution in [0.1, 0.15) is 63.1 Å². The van der Waals surface area contributed by atoms with E-state index in [4.69, 9.17) is 0 Å². The smallest absolute Gasteiger partial charge is 0.244 e. The molecule has 0 bridgehead atoms. The Labute approximate surface area is 255 Å². The highest BCUT2D eigenvalue weighted by molar-refractivity contribution is 7.92. The van der Waals surface area contributed by atoms with Crippen LogP contribution in [0.5, 0.6) is 0 Å². The Balaban J connectivity index is 1.71. The number of carbonyl (C=O) groups excluding carboxylic acids is 2. The Hall–Kier alpha value is -3.72. The van der Waals surface area contributed by atoms with Crippen molar-refractivity contribution in [3.63, 3.8) is 0 Å². The van der Waals surface area contributed by atoms with E-state index in [1.54, 1.807) is 24.3 Å². The maximum absolute atomic E-state index is 14.2. The van der Waals surface area contributed by atoms with E-state index >= 15 is 0 Å². The molecule has 1 saturated carbocycles. The van der Waals surface area contributed by atoms with Crippen LogP contribution < -0.4 is 9.62 Å². The van der Waals surface area contributed by atoms with Crippen LogP contribution in [0, 0.1) is 5.82 Å². The molecule has 1 aliphatic rings. The second-order valence-electron chi connectivity index (χ2n) is 12.4. The minimum Gasteiger partial charge on any atom is -0.352 e. The second-order valence-corrected chi connectivity index (χ2v) is 14.3. The summed E-state index contributed by atoms with van der Waals surface area (Å²) in [4.78, 5) is 29.5. The van der Waals surface area contributed by atoms with Crippen molar-refractivity contribution in [2.75, 3.05) is 17.1 Å². The molecule has 3 aromatic rings. The number of amides is 2. The van der Waals surface area contributed by atoms with Crippen LogP contribution in [0.15, 0.2) is 78.9 Å². The molecule has 2 amide bonds. The molecule has 1 fully saturated rings. The fraction of sp³-hybridized carbons (Fsp3) is 0.412. The van der Waals surface area contributed by atoms with Crippen LogP contribution in [-0.4, -0.2) is 50.0 Å². The first kappa shape index (κ1) is 32.2. The number of hydrogen-bond donors (Lipinski definition) is 1. The van der Waals surface area contributed by atoms with Gasteiger partial charge in [0, 0.05) is 19.0 Å². The lowest BCUT2D eigenvalue weighted by atomic mass is 9.87. The Morgan fingerprint density at radius 1 is 0.907 bits per heavy atom. The molecule has 43 heavy (non-hydrogen) atoms. The van der Waals surface area contributed by atoms with Gasteiger partial charge >= 0.3 is 0 Å². The van der Waals surface area contributed by atoms with Gasteiger partial charge in [0.05, 0.1) is 11.9 Å². The largest absolute Gasteiger partial charge is 0.352 e. The van der Waals surface area contributed by atoms with E-state index in [0.29, 0.717) is 11.3 Å². The molecule has 0 radical (unpaired) electrons. The number of anilines is 1. The van der Waals surface area contributed by atoms with Crippen molar-refractivity contribution in [2.45, 2.75) is 76.9 Å². The molecule has 1 N–H and O–H groups in total. The average molecular weight is 608 g/mol. The third-order valence-corrected chi connectivity index (χ3v) is 9.08. The molecule has 7 nitrogen and oxygen atoms in total. The minimum atomic E-state index is -3.86. The van der Waals surface area contributed by atoms with Crippen LogP contribution in [-0.2, 0) is 38.0 Å². The predicted molar refractivity (Wildman–Crippen MR) is 169 cm³/mol. The number of benzene rings is 3. The fourth-order valence-electron chi connectivity index (χ4n) is 5.45. The lowest BCUT2D eigenvalue weighted by Gasteiger charge is -2.34. The number of sulfonamides is 1. The Morgan fingerprint density at radius 3 is 2.07 bits per heavy atom. The maximum Gasteiger partial charge on any atom is 0.244 e. The number of carbonyl (C=O) groups is 2. The highest BCUT2D eigenvalue weighted by Crippen LogP contribution is 2.27. The predicted octanol–water partition coefficient (Wildman–Crippen LogP) is 5.59. The Kier molecular flexibility index (Phi) is 10.3. The van der Waals surface area contributed by atoms with Gasteiger partial charge in [-0.25, -0.2) is 12.8 Å². The number of hydrogen-bond acceptors (Lipinski definition) is 4. The zero-order valence-electron chi connectivity index (χ0n) is 25.4. The molecule has 0 saturated heterocycles. The van der Waals surface area contributed by atoms with E-state index in [2.05, 4.69) is 26.1 Å². The minimum absolute atomic E-state index is 0.00919. The molecule has 1 atom stereocenters. The molecule has 0 aromatic heterocycles. The third-order valence-electron chi connectivity index (χ3n) is 7.94. The van der Waals surface area contributed by atoms with Crippen molar-refractivity contribution >= 4 is 27.5 Å². The summed E-state index contributed by atoms with van der Waals surface area (Å²) in [5, 5.41) is 3.14. The average Bonchev–Trinajstić information content (AvgIpc) is 3.47. The normalized spacial score (nSPS) is 14.7. The van der Waals surface area contributed by atoms with Gasteiger partial charge in [-0.3, -0.25) is 13.9 Å². The summed E-state index contributed by atoms with van der Waals surface area (Å²) in [5.41, 5.74) is 2.75. The summed E-state index contributed by atoms with van der Waals surface area (Å²) >= 11 is 0. The Bertz CT molecular complexity index is 1480. The topological polar surface area (TPSA) is 86.8 Å². The summed E-state index contributed by atoms with van der Waals surface area (Å²) in [7, 11) is -3.86. The van der Waals surface area contributed by atoms with Gasteiger partial charge in [-0.15, -0.1) is 0 Å². The zero-order chi connectivity index (χ0) is 31.2. The summed E-state index contributed by atoms with van der Waals surface area (Å²) in [6.07, 6.45) is 5.12. The first-order valence-corrected chi connectivity index (χ1v) is 16.6. The number of halogens is 1. The molecule has 3 aromatic carbocycles. The van der Waals surface area contributed by atoms with Crippen molar-refractivity contribution < 1.29 is 22.4 Å². The van der Waals surface area contributed by atoms with E-state index in [9.17, 15) is 22.4 Å². The second kappa shape index (κ2) is 13.7. The summed E-state index contributed by atoms with van der Waals surface area (Å²) in [5.74, 6) is -1.23. The van der Waals surface area contributed by atoms with Gasteiger partial charge in [0.15, 0.2) is 0 Å². The highest BCUT2D eigenvalue weighted by atomic mass is 32.2. The zero-order valence-corrected chi connectivity index (χ0v) is 26.2. The van der Waals surface area contributed by atoms with Crippen molar-refractivity contribution in [1.29, 1.82) is 0 Å². The van der Waals surface area contributed by atoms with Gasteiger partial charge in [0.1, 0.15) is 18.4 Å². The molecule has 4 rings (SSSR count). The maximum atomic E-state index is 14.2. The summed E-state index contributed by atoms with van der Waals surface area (Å²) < 4.78 is 40.9. The quantitative estimate of drug-likeness (QED) is 0.308. The van der Waals surface area contributed by atoms with Gasteiger partial charge in [-0.2, -0.15) is 0 Å². The molecule has 9 heteroatoms. The van der Waals surface area contributed by atoms with Gasteiger partial charge in [0.25, 0.3) is 0 Å². The summed E-state index contributed by atoms with van der Waals surface area (Å²) in [6, 6.07) is 21.4. The van der Waals surface area contributed by atoms with Crippen LogP contribution in [0.25, 0.3) is 0 Å². The third kappa shape index (κ3) is 8.89. The van der Waals surface area contributed by atoms with Crippen molar-refractivity contribution in [3.8, 4) is 0 Å². The number of nitrogens with zero attached hydrogens (tertiary/aromatic N) is 2. The number of rotatable bonds is 11. The molecular weight excluding hydrogens is 565 g/mol. The van der Waals surface area contributed by atoms with Crippen molar-refractivity contribution in [3.05, 3.63) is 101 Å². The van der Waals surface area contributed by atoms with Crippen molar-refractivity contribution in [2.24, 2.45) is 0 Å². The van der Waals surface area contributed by atoms with Gasteiger partial charge < -0.3 is 10.2 Å². The van der Waals surface area contributed by atoms with E-state index in [-0.39, 0.29) is 30.3 Å². The fourth-order valence-corrected chi connectivity index (χ4v) is 6.30. The van der Waals surface area contributed by atoms with E-state index in [1.807, 2.05) is 42.5 Å². The standard InChI is InChI=1S/C34H42FN3O4S/c1-34(2,3)27-16-20-30(21-17-27)38(43(4,41)42)24-32(39)37(23-26-14-18-28(35)19-15-26)31(22-25-10-6-5-7-11-25)33(40)36-29-12-8-9-13-29/h5-7,10-11,14-21,29,31H,8-9,12-13,22-24H2,1-4H3,(H,36,40). The van der Waals surface area contributed by atoms with Crippen LogP contribution in [0.3, 0.4) is 0 Å². The molecule has 230 valence electrons. The molecule has 1 aliphatic carbocycles. The van der Waals surface area contributed by atoms with E-state index in [0.717, 1.165) is 47.4 Å². The van der Waals surface area contributed by atoms with Crippen LogP contribution in [0.2, 0.25) is 0 Å². The van der Waals surface area contributed by atoms with Crippen LogP contribution in [0.4, 0.5) is 10.1 Å². The lowest BCUT2D eigenvalue weighted by Crippen LogP contribution is -2.54. The SMILES string of the molecule is CC(C)(C)c1ccc(N(CC(=O)N(Cc2ccc(F)cc2)C(Cc2ccccc2)C(=O)NC2CCCC2)S(C)(=O)=O)cc1. The van der Waals surface area contributed by atoms with Crippen molar-refractivity contribution in [1.82, 2.24) is 10.2 Å².